The molecule has 0 aliphatic carbocycles. The third-order valence-electron chi connectivity index (χ3n) is 3.89. The van der Waals surface area contributed by atoms with Crippen LogP contribution in [0.1, 0.15) is 19.4 Å². The molecule has 2 heterocycles. The van der Waals surface area contributed by atoms with Gasteiger partial charge in [0, 0.05) is 0 Å². The molecule has 2 saturated heterocycles. The van der Waals surface area contributed by atoms with Gasteiger partial charge < -0.3 is 29.2 Å². The SMILES string of the molecule is CC1(C)O[C@@H]2[C@@H](O)[C@@H](OCc3ccccc3)O[C@H](CO)[C@@H]2O1. The Kier molecular flexibility index (Phi) is 4.49. The van der Waals surface area contributed by atoms with E-state index in [-0.39, 0.29) is 6.61 Å². The van der Waals surface area contributed by atoms with E-state index in [0.29, 0.717) is 6.61 Å². The second kappa shape index (κ2) is 6.23. The fourth-order valence-corrected chi connectivity index (χ4v) is 2.89. The molecule has 0 unspecified atom stereocenters. The van der Waals surface area contributed by atoms with Crippen molar-refractivity contribution in [2.24, 2.45) is 0 Å². The first kappa shape index (κ1) is 15.9. The number of ether oxygens (including phenoxy) is 4. The average Bonchev–Trinajstić information content (AvgIpc) is 2.84. The lowest BCUT2D eigenvalue weighted by Crippen LogP contribution is -2.57. The lowest BCUT2D eigenvalue weighted by Gasteiger charge is -2.39. The Bertz CT molecular complexity index is 491. The molecule has 5 atom stereocenters. The highest BCUT2D eigenvalue weighted by atomic mass is 16.8. The standard InChI is InChI=1S/C16H22O6/c1-16(2)21-13-11(8-17)20-15(12(18)14(13)22-16)19-9-10-6-4-3-5-7-10/h3-7,11-15,17-18H,8-9H2,1-2H3/t11-,12-,13+,14-,15+/m1/s1. The lowest BCUT2D eigenvalue weighted by atomic mass is 9.99. The smallest absolute Gasteiger partial charge is 0.187 e. The number of hydrogen-bond donors (Lipinski definition) is 2. The zero-order valence-electron chi connectivity index (χ0n) is 12.7. The first-order valence-corrected chi connectivity index (χ1v) is 7.46. The van der Waals surface area contributed by atoms with Crippen molar-refractivity contribution < 1.29 is 29.2 Å². The van der Waals surface area contributed by atoms with E-state index >= 15 is 0 Å². The van der Waals surface area contributed by atoms with Gasteiger partial charge in [-0.05, 0) is 19.4 Å². The maximum atomic E-state index is 10.4. The van der Waals surface area contributed by atoms with Crippen molar-refractivity contribution in [3.63, 3.8) is 0 Å². The minimum Gasteiger partial charge on any atom is -0.394 e. The van der Waals surface area contributed by atoms with Crippen LogP contribution in [0.15, 0.2) is 30.3 Å². The lowest BCUT2D eigenvalue weighted by molar-refractivity contribution is -0.285. The van der Waals surface area contributed by atoms with E-state index < -0.39 is 36.5 Å². The molecule has 0 radical (unpaired) electrons. The Balaban J connectivity index is 1.68. The zero-order valence-corrected chi connectivity index (χ0v) is 12.7. The van der Waals surface area contributed by atoms with Gasteiger partial charge >= 0.3 is 0 Å². The summed E-state index contributed by atoms with van der Waals surface area (Å²) in [6.45, 7) is 3.62. The Morgan fingerprint density at radius 3 is 2.50 bits per heavy atom. The third-order valence-corrected chi connectivity index (χ3v) is 3.89. The highest BCUT2D eigenvalue weighted by Crippen LogP contribution is 2.37. The molecule has 0 bridgehead atoms. The molecule has 3 rings (SSSR count). The fourth-order valence-electron chi connectivity index (χ4n) is 2.89. The van der Waals surface area contributed by atoms with Crippen LogP contribution in [0.5, 0.6) is 0 Å². The number of benzene rings is 1. The van der Waals surface area contributed by atoms with Gasteiger partial charge in [0.15, 0.2) is 12.1 Å². The molecule has 2 N–H and O–H groups in total. The minimum atomic E-state index is -0.974. The van der Waals surface area contributed by atoms with Gasteiger partial charge in [0.1, 0.15) is 24.4 Å². The average molecular weight is 310 g/mol. The second-order valence-corrected chi connectivity index (χ2v) is 6.08. The van der Waals surface area contributed by atoms with Gasteiger partial charge in [-0.15, -0.1) is 0 Å². The van der Waals surface area contributed by atoms with Crippen molar-refractivity contribution in [2.75, 3.05) is 6.61 Å². The topological polar surface area (TPSA) is 77.4 Å². The van der Waals surface area contributed by atoms with Crippen LogP contribution in [-0.4, -0.2) is 53.3 Å². The van der Waals surface area contributed by atoms with E-state index in [1.807, 2.05) is 30.3 Å². The molecule has 2 aliphatic heterocycles. The molecule has 122 valence electrons. The summed E-state index contributed by atoms with van der Waals surface area (Å²) in [6, 6.07) is 9.62. The van der Waals surface area contributed by atoms with Crippen molar-refractivity contribution >= 4 is 0 Å². The Morgan fingerprint density at radius 2 is 1.82 bits per heavy atom. The summed E-state index contributed by atoms with van der Waals surface area (Å²) in [7, 11) is 0. The van der Waals surface area contributed by atoms with Crippen LogP contribution in [0.2, 0.25) is 0 Å². The summed E-state index contributed by atoms with van der Waals surface area (Å²) in [4.78, 5) is 0. The molecule has 0 saturated carbocycles. The molecule has 6 nitrogen and oxygen atoms in total. The quantitative estimate of drug-likeness (QED) is 0.857. The first-order valence-electron chi connectivity index (χ1n) is 7.46. The van der Waals surface area contributed by atoms with Crippen LogP contribution in [0, 0.1) is 0 Å². The van der Waals surface area contributed by atoms with E-state index in [4.69, 9.17) is 18.9 Å². The molecule has 0 aromatic heterocycles. The number of fused-ring (bicyclic) bond motifs is 1. The van der Waals surface area contributed by atoms with Crippen LogP contribution in [0.3, 0.4) is 0 Å². The molecule has 0 amide bonds. The minimum absolute atomic E-state index is 0.224. The van der Waals surface area contributed by atoms with Crippen LogP contribution >= 0.6 is 0 Å². The number of aliphatic hydroxyl groups is 2. The highest BCUT2D eigenvalue weighted by Gasteiger charge is 2.55. The summed E-state index contributed by atoms with van der Waals surface area (Å²) >= 11 is 0. The number of aliphatic hydroxyl groups excluding tert-OH is 2. The van der Waals surface area contributed by atoms with Crippen molar-refractivity contribution in [3.05, 3.63) is 35.9 Å². The van der Waals surface area contributed by atoms with E-state index in [9.17, 15) is 10.2 Å². The van der Waals surface area contributed by atoms with Gasteiger partial charge in [-0.1, -0.05) is 30.3 Å². The van der Waals surface area contributed by atoms with E-state index in [0.717, 1.165) is 5.56 Å². The van der Waals surface area contributed by atoms with E-state index in [2.05, 4.69) is 0 Å². The second-order valence-electron chi connectivity index (χ2n) is 6.08. The van der Waals surface area contributed by atoms with Crippen molar-refractivity contribution in [1.82, 2.24) is 0 Å². The third kappa shape index (κ3) is 3.17. The zero-order chi connectivity index (χ0) is 15.7. The van der Waals surface area contributed by atoms with Crippen LogP contribution in [0.25, 0.3) is 0 Å². The van der Waals surface area contributed by atoms with Crippen molar-refractivity contribution in [2.45, 2.75) is 56.9 Å². The monoisotopic (exact) mass is 310 g/mol. The predicted molar refractivity (Wildman–Crippen MR) is 76.8 cm³/mol. The normalized spacial score (nSPS) is 37.0. The van der Waals surface area contributed by atoms with E-state index in [1.165, 1.54) is 0 Å². The Hall–Kier alpha value is -1.02. The molecule has 0 spiro atoms. The number of hydrogen-bond acceptors (Lipinski definition) is 6. The molecule has 1 aromatic carbocycles. The van der Waals surface area contributed by atoms with Crippen LogP contribution in [0.4, 0.5) is 0 Å². The Labute approximate surface area is 129 Å². The van der Waals surface area contributed by atoms with Gasteiger partial charge in [-0.3, -0.25) is 0 Å². The summed E-state index contributed by atoms with van der Waals surface area (Å²) in [5.74, 6) is -0.818. The molecule has 1 aromatic rings. The summed E-state index contributed by atoms with van der Waals surface area (Å²) in [5, 5.41) is 19.9. The highest BCUT2D eigenvalue weighted by molar-refractivity contribution is 5.13. The predicted octanol–water partition coefficient (Wildman–Crippen LogP) is 0.801. The summed E-state index contributed by atoms with van der Waals surface area (Å²) in [5.41, 5.74) is 0.977. The molecular weight excluding hydrogens is 288 g/mol. The van der Waals surface area contributed by atoms with Crippen LogP contribution < -0.4 is 0 Å². The molecular formula is C16H22O6. The molecule has 22 heavy (non-hydrogen) atoms. The maximum absolute atomic E-state index is 10.4. The van der Waals surface area contributed by atoms with Gasteiger partial charge in [0.25, 0.3) is 0 Å². The van der Waals surface area contributed by atoms with Gasteiger partial charge in [-0.2, -0.15) is 0 Å². The molecule has 2 fully saturated rings. The first-order chi connectivity index (χ1) is 10.5. The number of rotatable bonds is 4. The molecule has 2 aliphatic rings. The largest absolute Gasteiger partial charge is 0.394 e. The summed E-state index contributed by atoms with van der Waals surface area (Å²) < 4.78 is 22.8. The van der Waals surface area contributed by atoms with E-state index in [1.54, 1.807) is 13.8 Å². The summed E-state index contributed by atoms with van der Waals surface area (Å²) in [6.07, 6.45) is -3.52. The van der Waals surface area contributed by atoms with Crippen molar-refractivity contribution in [1.29, 1.82) is 0 Å². The fraction of sp³-hybridized carbons (Fsp3) is 0.625. The maximum Gasteiger partial charge on any atom is 0.187 e. The Morgan fingerprint density at radius 1 is 1.14 bits per heavy atom. The molecule has 6 heteroatoms. The van der Waals surface area contributed by atoms with Crippen molar-refractivity contribution in [3.8, 4) is 0 Å². The van der Waals surface area contributed by atoms with Gasteiger partial charge in [0.05, 0.1) is 13.2 Å². The van der Waals surface area contributed by atoms with Gasteiger partial charge in [-0.25, -0.2) is 0 Å². The van der Waals surface area contributed by atoms with Crippen LogP contribution in [-0.2, 0) is 25.6 Å². The van der Waals surface area contributed by atoms with Gasteiger partial charge in [0.2, 0.25) is 0 Å².